The summed E-state index contributed by atoms with van der Waals surface area (Å²) in [5, 5.41) is 0. The predicted molar refractivity (Wildman–Crippen MR) is 120 cm³/mol. The molecular weight excluding hydrogens is 324 g/mol. The van der Waals surface area contributed by atoms with Crippen LogP contribution in [0.1, 0.15) is 126 Å². The summed E-state index contributed by atoms with van der Waals surface area (Å²) in [4.78, 5) is 0. The third kappa shape index (κ3) is 6.37. The van der Waals surface area contributed by atoms with Gasteiger partial charge < -0.3 is 0 Å². The van der Waals surface area contributed by atoms with Crippen LogP contribution >= 0.6 is 0 Å². The van der Waals surface area contributed by atoms with Gasteiger partial charge in [-0.15, -0.1) is 0 Å². The minimum Gasteiger partial charge on any atom is -0.0654 e. The van der Waals surface area contributed by atoms with Crippen molar-refractivity contribution in [3.05, 3.63) is 34.9 Å². The second kappa shape index (κ2) is 11.3. The molecule has 1 saturated carbocycles. The molecule has 0 heterocycles. The fourth-order valence-corrected chi connectivity index (χ4v) is 5.68. The molecule has 0 nitrogen and oxygen atoms in total. The molecule has 1 aromatic carbocycles. The molecule has 152 valence electrons. The van der Waals surface area contributed by atoms with Gasteiger partial charge in [-0.2, -0.15) is 0 Å². The Kier molecular flexibility index (Phi) is 8.75. The Morgan fingerprint density at radius 3 is 2.19 bits per heavy atom. The molecule has 2 aliphatic carbocycles. The minimum atomic E-state index is 0.851. The maximum Gasteiger partial charge on any atom is -0.0162 e. The van der Waals surface area contributed by atoms with E-state index < -0.39 is 0 Å². The molecule has 0 heteroatoms. The number of rotatable bonds is 10. The summed E-state index contributed by atoms with van der Waals surface area (Å²) in [5.41, 5.74) is 5.04. The van der Waals surface area contributed by atoms with Gasteiger partial charge in [-0.1, -0.05) is 89.8 Å². The number of fused-ring (bicyclic) bond motifs is 1. The SMILES string of the molecule is CCCCCC[C@H]1CC[C@H](c2ccc3c(c2)CCC(CCCCC)C3)CC1. The monoisotopic (exact) mass is 368 g/mol. The first-order valence-corrected chi connectivity index (χ1v) is 12.4. The maximum atomic E-state index is 2.61. The van der Waals surface area contributed by atoms with E-state index in [1.165, 1.54) is 103 Å². The van der Waals surface area contributed by atoms with E-state index in [4.69, 9.17) is 0 Å². The van der Waals surface area contributed by atoms with Gasteiger partial charge in [0.1, 0.15) is 0 Å². The maximum absolute atomic E-state index is 2.61. The summed E-state index contributed by atoms with van der Waals surface area (Å²) in [7, 11) is 0. The number of hydrogen-bond acceptors (Lipinski definition) is 0. The molecule has 0 radical (unpaired) electrons. The zero-order valence-corrected chi connectivity index (χ0v) is 18.3. The van der Waals surface area contributed by atoms with Gasteiger partial charge in [0.05, 0.1) is 0 Å². The topological polar surface area (TPSA) is 0 Å². The first-order chi connectivity index (χ1) is 13.3. The van der Waals surface area contributed by atoms with Crippen molar-refractivity contribution in [1.29, 1.82) is 0 Å². The molecule has 0 aliphatic heterocycles. The summed E-state index contributed by atoms with van der Waals surface area (Å²) in [6.45, 7) is 4.63. The van der Waals surface area contributed by atoms with Crippen LogP contribution in [-0.4, -0.2) is 0 Å². The van der Waals surface area contributed by atoms with Crippen molar-refractivity contribution in [2.45, 2.75) is 122 Å². The molecule has 27 heavy (non-hydrogen) atoms. The lowest BCUT2D eigenvalue weighted by atomic mass is 9.75. The smallest absolute Gasteiger partial charge is 0.0162 e. The highest BCUT2D eigenvalue weighted by molar-refractivity contribution is 5.36. The van der Waals surface area contributed by atoms with Crippen molar-refractivity contribution in [2.24, 2.45) is 11.8 Å². The highest BCUT2D eigenvalue weighted by atomic mass is 14.3. The van der Waals surface area contributed by atoms with E-state index >= 15 is 0 Å². The van der Waals surface area contributed by atoms with Crippen LogP contribution in [0.4, 0.5) is 0 Å². The number of unbranched alkanes of at least 4 members (excludes halogenated alkanes) is 5. The van der Waals surface area contributed by atoms with Crippen molar-refractivity contribution < 1.29 is 0 Å². The molecule has 3 rings (SSSR count). The van der Waals surface area contributed by atoms with E-state index in [1.54, 1.807) is 16.7 Å². The lowest BCUT2D eigenvalue weighted by molar-refractivity contribution is 0.302. The number of hydrogen-bond donors (Lipinski definition) is 0. The van der Waals surface area contributed by atoms with Crippen LogP contribution in [0, 0.1) is 11.8 Å². The molecular formula is C27H44. The molecule has 1 fully saturated rings. The summed E-state index contributed by atoms with van der Waals surface area (Å²) in [6.07, 6.45) is 22.9. The van der Waals surface area contributed by atoms with Gasteiger partial charge in [0.2, 0.25) is 0 Å². The fourth-order valence-electron chi connectivity index (χ4n) is 5.68. The Labute approximate surface area is 169 Å². The first kappa shape index (κ1) is 20.9. The number of benzene rings is 1. The van der Waals surface area contributed by atoms with Gasteiger partial charge in [0, 0.05) is 0 Å². The summed E-state index contributed by atoms with van der Waals surface area (Å²) in [5.74, 6) is 2.84. The van der Waals surface area contributed by atoms with Gasteiger partial charge in [-0.3, -0.25) is 0 Å². The Morgan fingerprint density at radius 1 is 0.704 bits per heavy atom. The fraction of sp³-hybridized carbons (Fsp3) is 0.778. The van der Waals surface area contributed by atoms with Crippen LogP contribution in [0.3, 0.4) is 0 Å². The van der Waals surface area contributed by atoms with Crippen molar-refractivity contribution >= 4 is 0 Å². The van der Waals surface area contributed by atoms with E-state index in [0.29, 0.717) is 0 Å². The first-order valence-electron chi connectivity index (χ1n) is 12.4. The van der Waals surface area contributed by atoms with Crippen LogP contribution in [0.15, 0.2) is 18.2 Å². The van der Waals surface area contributed by atoms with Crippen LogP contribution in [0.5, 0.6) is 0 Å². The van der Waals surface area contributed by atoms with Crippen molar-refractivity contribution in [1.82, 2.24) is 0 Å². The average Bonchev–Trinajstić information content (AvgIpc) is 2.71. The van der Waals surface area contributed by atoms with Gasteiger partial charge in [-0.25, -0.2) is 0 Å². The van der Waals surface area contributed by atoms with Crippen LogP contribution in [0.25, 0.3) is 0 Å². The number of aryl methyl sites for hydroxylation is 1. The lowest BCUT2D eigenvalue weighted by Gasteiger charge is -2.30. The Balaban J connectivity index is 1.46. The van der Waals surface area contributed by atoms with Crippen LogP contribution < -0.4 is 0 Å². The van der Waals surface area contributed by atoms with E-state index in [0.717, 1.165) is 17.8 Å². The lowest BCUT2D eigenvalue weighted by Crippen LogP contribution is -2.16. The zero-order chi connectivity index (χ0) is 18.9. The summed E-state index contributed by atoms with van der Waals surface area (Å²) >= 11 is 0. The molecule has 0 aromatic heterocycles. The summed E-state index contributed by atoms with van der Waals surface area (Å²) in [6, 6.07) is 7.62. The van der Waals surface area contributed by atoms with E-state index in [2.05, 4.69) is 32.0 Å². The second-order valence-corrected chi connectivity index (χ2v) is 9.70. The third-order valence-electron chi connectivity index (χ3n) is 7.56. The van der Waals surface area contributed by atoms with Crippen LogP contribution in [0.2, 0.25) is 0 Å². The van der Waals surface area contributed by atoms with Crippen LogP contribution in [-0.2, 0) is 12.8 Å². The highest BCUT2D eigenvalue weighted by Crippen LogP contribution is 2.39. The Hall–Kier alpha value is -0.780. The van der Waals surface area contributed by atoms with Crippen molar-refractivity contribution in [3.63, 3.8) is 0 Å². The van der Waals surface area contributed by atoms with Gasteiger partial charge >= 0.3 is 0 Å². The van der Waals surface area contributed by atoms with E-state index in [9.17, 15) is 0 Å². The van der Waals surface area contributed by atoms with Crippen molar-refractivity contribution in [2.75, 3.05) is 0 Å². The van der Waals surface area contributed by atoms with Crippen molar-refractivity contribution in [3.8, 4) is 0 Å². The quantitative estimate of drug-likeness (QED) is 0.362. The molecule has 0 saturated heterocycles. The van der Waals surface area contributed by atoms with Gasteiger partial charge in [0.15, 0.2) is 0 Å². The predicted octanol–water partition coefficient (Wildman–Crippen LogP) is 8.62. The molecule has 0 amide bonds. The van der Waals surface area contributed by atoms with E-state index in [1.807, 2.05) is 0 Å². The van der Waals surface area contributed by atoms with E-state index in [-0.39, 0.29) is 0 Å². The van der Waals surface area contributed by atoms with Gasteiger partial charge in [-0.05, 0) is 79.4 Å². The Morgan fingerprint density at radius 2 is 1.41 bits per heavy atom. The van der Waals surface area contributed by atoms with Gasteiger partial charge in [0.25, 0.3) is 0 Å². The highest BCUT2D eigenvalue weighted by Gasteiger charge is 2.24. The third-order valence-corrected chi connectivity index (χ3v) is 7.56. The largest absolute Gasteiger partial charge is 0.0654 e. The normalized spacial score (nSPS) is 25.3. The molecule has 1 atom stereocenters. The average molecular weight is 369 g/mol. The molecule has 1 unspecified atom stereocenters. The summed E-state index contributed by atoms with van der Waals surface area (Å²) < 4.78 is 0. The molecule has 0 spiro atoms. The molecule has 2 aliphatic rings. The zero-order valence-electron chi connectivity index (χ0n) is 18.3. The Bertz CT molecular complexity index is 535. The second-order valence-electron chi connectivity index (χ2n) is 9.70. The standard InChI is InChI=1S/C27H44/c1-3-5-7-9-10-22-12-15-24(16-13-22)26-19-18-25-20-23(11-8-6-4-2)14-17-27(25)21-26/h18-19,21-24H,3-17,20H2,1-2H3/t22-,23?,24-. The molecule has 0 N–H and O–H groups in total. The molecule has 1 aromatic rings. The molecule has 0 bridgehead atoms. The minimum absolute atomic E-state index is 0.851.